The van der Waals surface area contributed by atoms with Gasteiger partial charge in [0.2, 0.25) is 5.91 Å². The Labute approximate surface area is 181 Å². The SMILES string of the molecule is C=CCn1c(=O)n(CC=C)c(=O)n(CC(=O)NC(C)C23CC4CC(CC(C4)C2)C3)c1=O. The van der Waals surface area contributed by atoms with Gasteiger partial charge in [-0.15, -0.1) is 13.2 Å². The average Bonchev–Trinajstić information content (AvgIpc) is 2.71. The molecule has 4 aliphatic rings. The minimum atomic E-state index is -0.798. The first kappa shape index (κ1) is 21.6. The fraction of sp³-hybridized carbons (Fsp3) is 0.652. The van der Waals surface area contributed by atoms with Crippen molar-refractivity contribution in [1.29, 1.82) is 0 Å². The van der Waals surface area contributed by atoms with Crippen LogP contribution in [0.25, 0.3) is 0 Å². The molecule has 0 aliphatic heterocycles. The third-order valence-electron chi connectivity index (χ3n) is 7.69. The first-order valence-corrected chi connectivity index (χ1v) is 11.2. The number of hydrogen-bond acceptors (Lipinski definition) is 4. The van der Waals surface area contributed by atoms with Crippen LogP contribution in [0.15, 0.2) is 39.7 Å². The second-order valence-electron chi connectivity index (χ2n) is 9.80. The topological polar surface area (TPSA) is 95.1 Å². The Morgan fingerprint density at radius 1 is 0.935 bits per heavy atom. The lowest BCUT2D eigenvalue weighted by Gasteiger charge is -2.59. The molecule has 0 aromatic carbocycles. The molecule has 5 rings (SSSR count). The van der Waals surface area contributed by atoms with E-state index >= 15 is 0 Å². The van der Waals surface area contributed by atoms with Gasteiger partial charge >= 0.3 is 17.1 Å². The summed E-state index contributed by atoms with van der Waals surface area (Å²) in [6, 6.07) is -0.0152. The standard InChI is InChI=1S/C23H32N4O4/c1-4-6-25-20(29)26(7-5-2)22(31)27(21(25)30)14-19(28)24-15(3)23-11-16-8-17(12-23)10-18(9-16)13-23/h4-5,15-18H,1-2,6-14H2,3H3,(H,24,28). The van der Waals surface area contributed by atoms with E-state index in [9.17, 15) is 19.2 Å². The van der Waals surface area contributed by atoms with Crippen LogP contribution in [0.2, 0.25) is 0 Å². The Morgan fingerprint density at radius 3 is 1.77 bits per heavy atom. The molecule has 8 nitrogen and oxygen atoms in total. The summed E-state index contributed by atoms with van der Waals surface area (Å²) in [6.45, 7) is 8.68. The monoisotopic (exact) mass is 428 g/mol. The normalized spacial score (nSPS) is 29.5. The number of carbonyl (C=O) groups excluding carboxylic acids is 1. The second-order valence-corrected chi connectivity index (χ2v) is 9.80. The predicted molar refractivity (Wildman–Crippen MR) is 118 cm³/mol. The Kier molecular flexibility index (Phi) is 5.66. The van der Waals surface area contributed by atoms with Crippen LogP contribution in [-0.4, -0.2) is 25.7 Å². The maximum absolute atomic E-state index is 12.9. The number of nitrogens with zero attached hydrogens (tertiary/aromatic N) is 3. The summed E-state index contributed by atoms with van der Waals surface area (Å²) in [4.78, 5) is 50.9. The molecule has 0 radical (unpaired) electrons. The maximum Gasteiger partial charge on any atom is 0.337 e. The Hall–Kier alpha value is -2.64. The highest BCUT2D eigenvalue weighted by Gasteiger charge is 2.53. The van der Waals surface area contributed by atoms with Gasteiger partial charge in [0.25, 0.3) is 0 Å². The van der Waals surface area contributed by atoms with E-state index in [1.807, 2.05) is 0 Å². The Bertz CT molecular complexity index is 993. The van der Waals surface area contributed by atoms with Gasteiger partial charge in [-0.3, -0.25) is 4.79 Å². The van der Waals surface area contributed by atoms with Gasteiger partial charge in [-0.1, -0.05) is 12.2 Å². The van der Waals surface area contributed by atoms with Crippen molar-refractivity contribution in [2.75, 3.05) is 0 Å². The van der Waals surface area contributed by atoms with E-state index in [2.05, 4.69) is 25.4 Å². The summed E-state index contributed by atoms with van der Waals surface area (Å²) in [5.74, 6) is 1.92. The van der Waals surface area contributed by atoms with E-state index < -0.39 is 23.6 Å². The number of amides is 1. The van der Waals surface area contributed by atoms with Gasteiger partial charge in [0, 0.05) is 6.04 Å². The summed E-state index contributed by atoms with van der Waals surface area (Å²) in [6.07, 6.45) is 10.2. The highest BCUT2D eigenvalue weighted by atomic mass is 16.2. The van der Waals surface area contributed by atoms with Gasteiger partial charge in [-0.2, -0.15) is 0 Å². The van der Waals surface area contributed by atoms with Crippen molar-refractivity contribution in [1.82, 2.24) is 19.0 Å². The summed E-state index contributed by atoms with van der Waals surface area (Å²) in [7, 11) is 0. The summed E-state index contributed by atoms with van der Waals surface area (Å²) in [5.41, 5.74) is -2.20. The van der Waals surface area contributed by atoms with Crippen LogP contribution in [0.3, 0.4) is 0 Å². The van der Waals surface area contributed by atoms with Gasteiger partial charge in [-0.05, 0) is 68.6 Å². The molecule has 168 valence electrons. The molecule has 1 amide bonds. The summed E-state index contributed by atoms with van der Waals surface area (Å²) >= 11 is 0. The van der Waals surface area contributed by atoms with Crippen LogP contribution in [-0.2, 0) is 24.4 Å². The summed E-state index contributed by atoms with van der Waals surface area (Å²) in [5, 5.41) is 3.08. The Morgan fingerprint density at radius 2 is 1.35 bits per heavy atom. The molecule has 1 unspecified atom stereocenters. The zero-order valence-electron chi connectivity index (χ0n) is 18.2. The van der Waals surface area contributed by atoms with Crippen LogP contribution in [0.4, 0.5) is 0 Å². The van der Waals surface area contributed by atoms with Gasteiger partial charge in [0.1, 0.15) is 6.54 Å². The minimum Gasteiger partial charge on any atom is -0.352 e. The first-order valence-electron chi connectivity index (χ1n) is 11.2. The van der Waals surface area contributed by atoms with Crippen molar-refractivity contribution in [3.05, 3.63) is 56.8 Å². The van der Waals surface area contributed by atoms with Crippen molar-refractivity contribution < 1.29 is 4.79 Å². The molecule has 4 bridgehead atoms. The second kappa shape index (κ2) is 8.13. The fourth-order valence-corrected chi connectivity index (χ4v) is 6.68. The molecule has 4 aliphatic carbocycles. The van der Waals surface area contributed by atoms with Crippen LogP contribution in [0, 0.1) is 23.2 Å². The average molecular weight is 429 g/mol. The maximum atomic E-state index is 12.9. The molecule has 31 heavy (non-hydrogen) atoms. The number of nitrogens with one attached hydrogen (secondary N) is 1. The van der Waals surface area contributed by atoms with E-state index in [0.29, 0.717) is 0 Å². The molecule has 1 atom stereocenters. The smallest absolute Gasteiger partial charge is 0.337 e. The zero-order chi connectivity index (χ0) is 22.3. The number of rotatable bonds is 8. The number of allylic oxidation sites excluding steroid dienone is 2. The van der Waals surface area contributed by atoms with Crippen molar-refractivity contribution >= 4 is 5.91 Å². The van der Waals surface area contributed by atoms with Gasteiger partial charge in [0.05, 0.1) is 13.1 Å². The van der Waals surface area contributed by atoms with E-state index in [1.54, 1.807) is 0 Å². The number of aromatic nitrogens is 3. The molecule has 1 aromatic heterocycles. The lowest BCUT2D eigenvalue weighted by atomic mass is 9.48. The van der Waals surface area contributed by atoms with Crippen LogP contribution < -0.4 is 22.4 Å². The third-order valence-corrected chi connectivity index (χ3v) is 7.69. The third kappa shape index (κ3) is 3.77. The largest absolute Gasteiger partial charge is 0.352 e. The van der Waals surface area contributed by atoms with Crippen LogP contribution in [0.1, 0.15) is 45.4 Å². The van der Waals surface area contributed by atoms with E-state index in [4.69, 9.17) is 0 Å². The molecular weight excluding hydrogens is 396 g/mol. The highest BCUT2D eigenvalue weighted by molar-refractivity contribution is 5.76. The van der Waals surface area contributed by atoms with Gasteiger partial charge in [0.15, 0.2) is 0 Å². The van der Waals surface area contributed by atoms with Crippen LogP contribution >= 0.6 is 0 Å². The number of hydrogen-bond donors (Lipinski definition) is 1. The molecule has 4 fully saturated rings. The van der Waals surface area contributed by atoms with Gasteiger partial charge in [-0.25, -0.2) is 28.1 Å². The van der Waals surface area contributed by atoms with E-state index in [0.717, 1.165) is 50.7 Å². The van der Waals surface area contributed by atoms with Crippen molar-refractivity contribution in [3.8, 4) is 0 Å². The fourth-order valence-electron chi connectivity index (χ4n) is 6.68. The predicted octanol–water partition coefficient (Wildman–Crippen LogP) is 1.26. The quantitative estimate of drug-likeness (QED) is 0.631. The molecular formula is C23H32N4O4. The summed E-state index contributed by atoms with van der Waals surface area (Å²) < 4.78 is 2.65. The highest BCUT2D eigenvalue weighted by Crippen LogP contribution is 2.61. The van der Waals surface area contributed by atoms with Crippen LogP contribution in [0.5, 0.6) is 0 Å². The van der Waals surface area contributed by atoms with Crippen molar-refractivity contribution in [3.63, 3.8) is 0 Å². The first-order chi connectivity index (χ1) is 14.8. The Balaban J connectivity index is 1.57. The zero-order valence-corrected chi connectivity index (χ0v) is 18.2. The van der Waals surface area contributed by atoms with E-state index in [1.165, 1.54) is 31.4 Å². The van der Waals surface area contributed by atoms with Crippen molar-refractivity contribution in [2.24, 2.45) is 23.2 Å². The molecule has 0 spiro atoms. The molecule has 8 heteroatoms. The lowest BCUT2D eigenvalue weighted by molar-refractivity contribution is -0.126. The molecule has 1 N–H and O–H groups in total. The molecule has 0 saturated heterocycles. The minimum absolute atomic E-state index is 0.0152. The van der Waals surface area contributed by atoms with E-state index in [-0.39, 0.29) is 30.5 Å². The van der Waals surface area contributed by atoms with Crippen molar-refractivity contribution in [2.45, 2.75) is 71.1 Å². The molecule has 4 saturated carbocycles. The van der Waals surface area contributed by atoms with Gasteiger partial charge < -0.3 is 5.32 Å². The molecule has 1 aromatic rings. The number of carbonyl (C=O) groups is 1. The lowest BCUT2D eigenvalue weighted by Crippen LogP contribution is -2.58. The molecule has 1 heterocycles.